The Kier molecular flexibility index (Phi) is 14.3. The van der Waals surface area contributed by atoms with E-state index in [1.54, 1.807) is 0 Å². The van der Waals surface area contributed by atoms with Crippen molar-refractivity contribution in [3.05, 3.63) is 0 Å². The molecule has 0 aromatic carbocycles. The van der Waals surface area contributed by atoms with E-state index in [4.69, 9.17) is 5.73 Å². The molecule has 0 radical (unpaired) electrons. The summed E-state index contributed by atoms with van der Waals surface area (Å²) in [5.74, 6) is 0.913. The van der Waals surface area contributed by atoms with Gasteiger partial charge in [-0.2, -0.15) is 12.6 Å². The maximum atomic E-state index is 5.09. The highest BCUT2D eigenvalue weighted by molar-refractivity contribution is 7.80. The fourth-order valence-corrected chi connectivity index (χ4v) is 0.274. The molecule has 0 bridgehead atoms. The molecule has 0 aromatic rings. The third-order valence-corrected chi connectivity index (χ3v) is 0.678. The molecule has 3 heteroatoms. The summed E-state index contributed by atoms with van der Waals surface area (Å²) in [6.07, 6.45) is 1.03. The molecule has 6 heavy (non-hydrogen) atoms. The van der Waals surface area contributed by atoms with Crippen LogP contribution in [0.2, 0.25) is 0 Å². The molecule has 0 aliphatic carbocycles. The summed E-state index contributed by atoms with van der Waals surface area (Å²) in [7, 11) is 0. The van der Waals surface area contributed by atoms with Crippen LogP contribution in [0.15, 0.2) is 0 Å². The Hall–Kier alpha value is 0.270. The fraction of sp³-hybridized carbons (Fsp3) is 1.00. The smallest absolute Gasteiger partial charge is 0.412 e. The number of rotatable bonds is 2. The molecular weight excluding hydrogens is 98.1 g/mol. The minimum atomic E-state index is 0. The minimum Gasteiger partial charge on any atom is -0.412 e. The highest BCUT2D eigenvalue weighted by Gasteiger charge is 1.68. The van der Waals surface area contributed by atoms with Gasteiger partial charge in [-0.05, 0) is 18.7 Å². The molecule has 40 valence electrons. The number of hydrogen-bond donors (Lipinski definition) is 2. The van der Waals surface area contributed by atoms with Crippen LogP contribution in [0.5, 0.6) is 0 Å². The van der Waals surface area contributed by atoms with Crippen molar-refractivity contribution in [1.82, 2.24) is 0 Å². The van der Waals surface area contributed by atoms with Crippen LogP contribution in [0.3, 0.4) is 0 Å². The maximum Gasteiger partial charge on any atom is 1.00 e. The Labute approximate surface area is 44.9 Å². The van der Waals surface area contributed by atoms with E-state index in [2.05, 4.69) is 12.6 Å². The lowest BCUT2D eigenvalue weighted by Gasteiger charge is -1.79. The van der Waals surface area contributed by atoms with E-state index in [-0.39, 0.29) is 6.90 Å². The van der Waals surface area contributed by atoms with Crippen LogP contribution < -0.4 is 5.73 Å². The molecular formula is C3H12NOS+. The van der Waals surface area contributed by atoms with Crippen molar-refractivity contribution in [3.8, 4) is 0 Å². The fourth-order valence-electron chi connectivity index (χ4n) is 0.0913. The van der Waals surface area contributed by atoms with Crippen molar-refractivity contribution in [2.45, 2.75) is 6.42 Å². The Morgan fingerprint density at radius 1 is 1.67 bits per heavy atom. The third-order valence-electron chi connectivity index (χ3n) is 0.362. The van der Waals surface area contributed by atoms with Crippen LogP contribution >= 0.6 is 12.6 Å². The second kappa shape index (κ2) is 8.99. The van der Waals surface area contributed by atoms with E-state index in [0.717, 1.165) is 18.7 Å². The standard InChI is InChI=1S/C3H9NS.H2O/c4-2-1-3-5;/h5H,1-4H2;1H2/p+1. The SMILES string of the molecule is NCCCS.O.[H+]. The molecule has 0 spiro atoms. The van der Waals surface area contributed by atoms with E-state index in [1.165, 1.54) is 0 Å². The van der Waals surface area contributed by atoms with Gasteiger partial charge >= 0.3 is 1.43 Å². The van der Waals surface area contributed by atoms with Gasteiger partial charge in [-0.25, -0.2) is 0 Å². The summed E-state index contributed by atoms with van der Waals surface area (Å²) in [4.78, 5) is 0. The summed E-state index contributed by atoms with van der Waals surface area (Å²) >= 11 is 3.92. The Balaban J connectivity index is -0.0000000800. The summed E-state index contributed by atoms with van der Waals surface area (Å²) in [5, 5.41) is 0. The molecule has 0 heterocycles. The normalized spacial score (nSPS) is 7.00. The van der Waals surface area contributed by atoms with E-state index in [1.807, 2.05) is 0 Å². The van der Waals surface area contributed by atoms with Gasteiger partial charge in [0.15, 0.2) is 0 Å². The van der Waals surface area contributed by atoms with Crippen LogP contribution in [0.1, 0.15) is 7.85 Å². The Morgan fingerprint density at radius 3 is 2.17 bits per heavy atom. The van der Waals surface area contributed by atoms with Crippen molar-refractivity contribution < 1.29 is 6.90 Å². The highest BCUT2D eigenvalue weighted by atomic mass is 32.1. The first-order valence-corrected chi connectivity index (χ1v) is 2.36. The molecule has 0 aromatic heterocycles. The van der Waals surface area contributed by atoms with Crippen LogP contribution in [0.4, 0.5) is 0 Å². The van der Waals surface area contributed by atoms with Gasteiger partial charge < -0.3 is 11.2 Å². The number of nitrogens with two attached hydrogens (primary N) is 1. The monoisotopic (exact) mass is 110 g/mol. The van der Waals surface area contributed by atoms with Crippen molar-refractivity contribution >= 4 is 12.6 Å². The molecule has 0 aliphatic heterocycles. The molecule has 0 unspecified atom stereocenters. The molecule has 2 nitrogen and oxygen atoms in total. The van der Waals surface area contributed by atoms with E-state index in [0.29, 0.717) is 0 Å². The molecule has 0 atom stereocenters. The maximum absolute atomic E-state index is 5.09. The third kappa shape index (κ3) is 8.86. The summed E-state index contributed by atoms with van der Waals surface area (Å²) in [6.45, 7) is 0.767. The Morgan fingerprint density at radius 2 is 2.17 bits per heavy atom. The van der Waals surface area contributed by atoms with Crippen molar-refractivity contribution in [2.24, 2.45) is 5.73 Å². The average Bonchev–Trinajstić information content (AvgIpc) is 1.41. The zero-order chi connectivity index (χ0) is 4.12. The van der Waals surface area contributed by atoms with Gasteiger partial charge in [0.05, 0.1) is 0 Å². The molecule has 0 amide bonds. The van der Waals surface area contributed by atoms with Crippen LogP contribution in [-0.2, 0) is 0 Å². The molecule has 0 fully saturated rings. The lowest BCUT2D eigenvalue weighted by atomic mass is 10.5. The molecule has 0 saturated heterocycles. The highest BCUT2D eigenvalue weighted by Crippen LogP contribution is 1.74. The predicted octanol–water partition coefficient (Wildman–Crippen LogP) is -0.447. The molecule has 4 N–H and O–H groups in total. The largest absolute Gasteiger partial charge is 1.00 e. The second-order valence-corrected chi connectivity index (χ2v) is 1.31. The zero-order valence-electron chi connectivity index (χ0n) is 4.65. The molecule has 0 rings (SSSR count). The zero-order valence-corrected chi connectivity index (χ0v) is 4.54. The predicted molar refractivity (Wildman–Crippen MR) is 32.3 cm³/mol. The number of hydrogen-bond acceptors (Lipinski definition) is 2. The van der Waals surface area contributed by atoms with Gasteiger partial charge in [-0.3, -0.25) is 0 Å². The van der Waals surface area contributed by atoms with Crippen LogP contribution in [0, 0.1) is 0 Å². The van der Waals surface area contributed by atoms with Gasteiger partial charge in [0, 0.05) is 0 Å². The first-order chi connectivity index (χ1) is 2.41. The molecule has 0 aliphatic rings. The number of thiol groups is 1. The van der Waals surface area contributed by atoms with Crippen molar-refractivity contribution in [2.75, 3.05) is 12.3 Å². The van der Waals surface area contributed by atoms with E-state index in [9.17, 15) is 0 Å². The summed E-state index contributed by atoms with van der Waals surface area (Å²) in [6, 6.07) is 0. The lowest BCUT2D eigenvalue weighted by molar-refractivity contribution is 0.824. The van der Waals surface area contributed by atoms with E-state index < -0.39 is 0 Å². The summed E-state index contributed by atoms with van der Waals surface area (Å²) < 4.78 is 0. The lowest BCUT2D eigenvalue weighted by Crippen LogP contribution is -1.97. The van der Waals surface area contributed by atoms with Crippen LogP contribution in [0.25, 0.3) is 0 Å². The van der Waals surface area contributed by atoms with Gasteiger partial charge in [0.2, 0.25) is 0 Å². The van der Waals surface area contributed by atoms with Crippen LogP contribution in [-0.4, -0.2) is 17.8 Å². The first kappa shape index (κ1) is 9.55. The van der Waals surface area contributed by atoms with Gasteiger partial charge in [0.25, 0.3) is 0 Å². The first-order valence-electron chi connectivity index (χ1n) is 1.72. The van der Waals surface area contributed by atoms with Gasteiger partial charge in [-0.15, -0.1) is 0 Å². The summed E-state index contributed by atoms with van der Waals surface area (Å²) in [5.41, 5.74) is 5.09. The quantitative estimate of drug-likeness (QED) is 0.465. The minimum absolute atomic E-state index is 0. The molecule has 0 saturated carbocycles. The van der Waals surface area contributed by atoms with Gasteiger partial charge in [0.1, 0.15) is 0 Å². The van der Waals surface area contributed by atoms with Crippen molar-refractivity contribution in [3.63, 3.8) is 0 Å². The average molecular weight is 110 g/mol. The van der Waals surface area contributed by atoms with E-state index >= 15 is 0 Å². The second-order valence-electron chi connectivity index (χ2n) is 0.866. The van der Waals surface area contributed by atoms with Gasteiger partial charge in [-0.1, -0.05) is 0 Å². The van der Waals surface area contributed by atoms with Crippen molar-refractivity contribution in [1.29, 1.82) is 0 Å². The Bertz CT molecular complexity index is 22.4. The topological polar surface area (TPSA) is 57.5 Å².